The van der Waals surface area contributed by atoms with Gasteiger partial charge in [0.1, 0.15) is 17.3 Å². The standard InChI is InChI=1S/C16H10F2N2O/c17-11-3-4-14(18)12(8-11)10-2-1-9-5-6-20-15(16(19)21)13(9)7-10/h1-8H,(H2,19,21). The van der Waals surface area contributed by atoms with E-state index in [1.807, 2.05) is 0 Å². The smallest absolute Gasteiger partial charge is 0.267 e. The molecule has 1 heterocycles. The van der Waals surface area contributed by atoms with E-state index < -0.39 is 17.5 Å². The zero-order valence-electron chi connectivity index (χ0n) is 10.8. The molecule has 1 aromatic heterocycles. The molecule has 0 unspecified atom stereocenters. The lowest BCUT2D eigenvalue weighted by Gasteiger charge is -2.07. The van der Waals surface area contributed by atoms with Crippen LogP contribution in [0.4, 0.5) is 8.78 Å². The fourth-order valence-electron chi connectivity index (χ4n) is 2.25. The predicted octanol–water partition coefficient (Wildman–Crippen LogP) is 3.28. The van der Waals surface area contributed by atoms with Gasteiger partial charge in [0.25, 0.3) is 5.91 Å². The van der Waals surface area contributed by atoms with Crippen molar-refractivity contribution in [2.75, 3.05) is 0 Å². The van der Waals surface area contributed by atoms with Gasteiger partial charge in [0.15, 0.2) is 0 Å². The Bertz CT molecular complexity index is 862. The van der Waals surface area contributed by atoms with Crippen molar-refractivity contribution in [2.45, 2.75) is 0 Å². The minimum atomic E-state index is -0.669. The molecule has 0 bridgehead atoms. The number of benzene rings is 2. The second kappa shape index (κ2) is 4.94. The molecule has 0 aliphatic rings. The van der Waals surface area contributed by atoms with Crippen molar-refractivity contribution in [3.63, 3.8) is 0 Å². The largest absolute Gasteiger partial charge is 0.364 e. The second-order valence-electron chi connectivity index (χ2n) is 4.58. The van der Waals surface area contributed by atoms with Gasteiger partial charge in [0.05, 0.1) is 0 Å². The molecule has 0 spiro atoms. The molecular weight excluding hydrogens is 274 g/mol. The van der Waals surface area contributed by atoms with Crippen LogP contribution in [-0.2, 0) is 0 Å². The number of carbonyl (C=O) groups is 1. The van der Waals surface area contributed by atoms with E-state index in [1.54, 1.807) is 24.3 Å². The summed E-state index contributed by atoms with van der Waals surface area (Å²) < 4.78 is 27.1. The van der Waals surface area contributed by atoms with Gasteiger partial charge in [0, 0.05) is 17.1 Å². The maximum absolute atomic E-state index is 13.8. The lowest BCUT2D eigenvalue weighted by molar-refractivity contribution is 0.0997. The van der Waals surface area contributed by atoms with Gasteiger partial charge in [-0.2, -0.15) is 0 Å². The quantitative estimate of drug-likeness (QED) is 0.785. The first kappa shape index (κ1) is 13.2. The third-order valence-corrected chi connectivity index (χ3v) is 3.24. The fourth-order valence-corrected chi connectivity index (χ4v) is 2.25. The molecule has 0 saturated heterocycles. The van der Waals surface area contributed by atoms with E-state index in [1.165, 1.54) is 6.20 Å². The number of hydrogen-bond acceptors (Lipinski definition) is 2. The van der Waals surface area contributed by atoms with E-state index in [0.717, 1.165) is 23.6 Å². The fraction of sp³-hybridized carbons (Fsp3) is 0. The molecule has 21 heavy (non-hydrogen) atoms. The Labute approximate surface area is 119 Å². The van der Waals surface area contributed by atoms with Gasteiger partial charge < -0.3 is 5.73 Å². The minimum absolute atomic E-state index is 0.103. The Hall–Kier alpha value is -2.82. The van der Waals surface area contributed by atoms with Crippen molar-refractivity contribution in [2.24, 2.45) is 5.73 Å². The number of rotatable bonds is 2. The number of fused-ring (bicyclic) bond motifs is 1. The molecule has 3 aromatic rings. The van der Waals surface area contributed by atoms with Gasteiger partial charge in [-0.3, -0.25) is 9.78 Å². The van der Waals surface area contributed by atoms with Crippen molar-refractivity contribution in [3.8, 4) is 11.1 Å². The van der Waals surface area contributed by atoms with Crippen molar-refractivity contribution in [3.05, 3.63) is 66.0 Å². The van der Waals surface area contributed by atoms with E-state index in [0.29, 0.717) is 10.9 Å². The summed E-state index contributed by atoms with van der Waals surface area (Å²) in [6, 6.07) is 9.89. The lowest BCUT2D eigenvalue weighted by atomic mass is 10.00. The molecular formula is C16H10F2N2O. The molecule has 0 atom stereocenters. The van der Waals surface area contributed by atoms with E-state index in [-0.39, 0.29) is 11.3 Å². The molecule has 104 valence electrons. The average Bonchev–Trinajstić information content (AvgIpc) is 2.48. The van der Waals surface area contributed by atoms with Crippen LogP contribution in [0.3, 0.4) is 0 Å². The minimum Gasteiger partial charge on any atom is -0.364 e. The average molecular weight is 284 g/mol. The van der Waals surface area contributed by atoms with Gasteiger partial charge in [-0.15, -0.1) is 0 Å². The highest BCUT2D eigenvalue weighted by atomic mass is 19.1. The number of halogens is 2. The number of amides is 1. The highest BCUT2D eigenvalue weighted by Crippen LogP contribution is 2.28. The van der Waals surface area contributed by atoms with Gasteiger partial charge in [0.2, 0.25) is 0 Å². The van der Waals surface area contributed by atoms with E-state index in [4.69, 9.17) is 5.73 Å². The second-order valence-corrected chi connectivity index (χ2v) is 4.58. The van der Waals surface area contributed by atoms with Crippen molar-refractivity contribution < 1.29 is 13.6 Å². The van der Waals surface area contributed by atoms with Crippen molar-refractivity contribution >= 4 is 16.7 Å². The SMILES string of the molecule is NC(=O)c1nccc2ccc(-c3cc(F)ccc3F)cc12. The van der Waals surface area contributed by atoms with Crippen molar-refractivity contribution in [1.29, 1.82) is 0 Å². The first-order valence-electron chi connectivity index (χ1n) is 6.20. The van der Waals surface area contributed by atoms with Crippen LogP contribution in [0.15, 0.2) is 48.7 Å². The summed E-state index contributed by atoms with van der Waals surface area (Å²) in [5.41, 5.74) is 5.97. The summed E-state index contributed by atoms with van der Waals surface area (Å²) >= 11 is 0. The van der Waals surface area contributed by atoms with E-state index >= 15 is 0 Å². The highest BCUT2D eigenvalue weighted by molar-refractivity contribution is 6.05. The number of aromatic nitrogens is 1. The third-order valence-electron chi connectivity index (χ3n) is 3.24. The molecule has 0 fully saturated rings. The zero-order chi connectivity index (χ0) is 15.0. The Balaban J connectivity index is 2.28. The summed E-state index contributed by atoms with van der Waals surface area (Å²) in [5, 5.41) is 1.26. The van der Waals surface area contributed by atoms with Gasteiger partial charge in [-0.05, 0) is 41.3 Å². The number of pyridine rings is 1. The van der Waals surface area contributed by atoms with Gasteiger partial charge >= 0.3 is 0 Å². The Morgan fingerprint density at radius 2 is 1.86 bits per heavy atom. The van der Waals surface area contributed by atoms with E-state index in [2.05, 4.69) is 4.98 Å². The maximum Gasteiger partial charge on any atom is 0.267 e. The molecule has 3 rings (SSSR count). The van der Waals surface area contributed by atoms with Crippen LogP contribution in [0.1, 0.15) is 10.5 Å². The number of primary amides is 1. The first-order valence-corrected chi connectivity index (χ1v) is 6.20. The van der Waals surface area contributed by atoms with Crippen LogP contribution in [0.25, 0.3) is 21.9 Å². The summed E-state index contributed by atoms with van der Waals surface area (Å²) in [5.74, 6) is -1.74. The molecule has 0 aliphatic heterocycles. The highest BCUT2D eigenvalue weighted by Gasteiger charge is 2.11. The molecule has 2 N–H and O–H groups in total. The predicted molar refractivity (Wildman–Crippen MR) is 75.6 cm³/mol. The number of hydrogen-bond donors (Lipinski definition) is 1. The van der Waals surface area contributed by atoms with Crippen LogP contribution < -0.4 is 5.73 Å². The summed E-state index contributed by atoms with van der Waals surface area (Å²) in [4.78, 5) is 15.3. The molecule has 3 nitrogen and oxygen atoms in total. The summed E-state index contributed by atoms with van der Waals surface area (Å²) in [7, 11) is 0. The Kier molecular flexibility index (Phi) is 3.10. The van der Waals surface area contributed by atoms with Crippen LogP contribution in [0.2, 0.25) is 0 Å². The van der Waals surface area contributed by atoms with Crippen molar-refractivity contribution in [1.82, 2.24) is 4.98 Å². The summed E-state index contributed by atoms with van der Waals surface area (Å²) in [6.07, 6.45) is 1.48. The summed E-state index contributed by atoms with van der Waals surface area (Å²) in [6.45, 7) is 0. The van der Waals surface area contributed by atoms with Crippen LogP contribution in [0, 0.1) is 11.6 Å². The maximum atomic E-state index is 13.8. The molecule has 5 heteroatoms. The molecule has 0 radical (unpaired) electrons. The van der Waals surface area contributed by atoms with Crippen LogP contribution >= 0.6 is 0 Å². The Morgan fingerprint density at radius 1 is 1.05 bits per heavy atom. The van der Waals surface area contributed by atoms with E-state index in [9.17, 15) is 13.6 Å². The molecule has 2 aromatic carbocycles. The third kappa shape index (κ3) is 2.33. The van der Waals surface area contributed by atoms with Gasteiger partial charge in [-0.25, -0.2) is 8.78 Å². The van der Waals surface area contributed by atoms with Gasteiger partial charge in [-0.1, -0.05) is 12.1 Å². The lowest BCUT2D eigenvalue weighted by Crippen LogP contribution is -2.13. The first-order chi connectivity index (χ1) is 10.1. The van der Waals surface area contributed by atoms with Crippen LogP contribution in [-0.4, -0.2) is 10.9 Å². The monoisotopic (exact) mass is 284 g/mol. The molecule has 0 aliphatic carbocycles. The van der Waals surface area contributed by atoms with Crippen LogP contribution in [0.5, 0.6) is 0 Å². The molecule has 0 saturated carbocycles. The number of carbonyl (C=O) groups excluding carboxylic acids is 1. The topological polar surface area (TPSA) is 56.0 Å². The molecule has 1 amide bonds. The normalized spacial score (nSPS) is 10.8. The Morgan fingerprint density at radius 3 is 2.62 bits per heavy atom. The number of nitrogens with two attached hydrogens (primary N) is 1. The zero-order valence-corrected chi connectivity index (χ0v) is 10.8. The number of nitrogens with zero attached hydrogens (tertiary/aromatic N) is 1.